The van der Waals surface area contributed by atoms with Crippen LogP contribution in [0, 0.1) is 0 Å². The average Bonchev–Trinajstić information content (AvgIpc) is 3.28. The zero-order valence-electron chi connectivity index (χ0n) is 17.2. The molecule has 7 nitrogen and oxygen atoms in total. The van der Waals surface area contributed by atoms with Crippen LogP contribution >= 0.6 is 46.1 Å². The maximum atomic E-state index is 13.1. The molecule has 0 aliphatic carbocycles. The number of hydrogen-bond acceptors (Lipinski definition) is 6. The lowest BCUT2D eigenvalue weighted by atomic mass is 10.2. The molecule has 1 amide bonds. The molecule has 12 heteroatoms. The van der Waals surface area contributed by atoms with E-state index in [0.717, 1.165) is 16.2 Å². The molecule has 33 heavy (non-hydrogen) atoms. The molecule has 1 saturated heterocycles. The van der Waals surface area contributed by atoms with Gasteiger partial charge >= 0.3 is 0 Å². The lowest BCUT2D eigenvalue weighted by Crippen LogP contribution is -2.48. The number of thiophene rings is 1. The van der Waals surface area contributed by atoms with Crippen molar-refractivity contribution in [2.24, 2.45) is 0 Å². The Morgan fingerprint density at radius 2 is 1.61 bits per heavy atom. The Balaban J connectivity index is 1.37. The summed E-state index contributed by atoms with van der Waals surface area (Å²) in [5.74, 6) is -0.256. The van der Waals surface area contributed by atoms with E-state index in [1.54, 1.807) is 36.4 Å². The first-order valence-electron chi connectivity index (χ1n) is 9.92. The summed E-state index contributed by atoms with van der Waals surface area (Å²) in [7, 11) is -3.64. The summed E-state index contributed by atoms with van der Waals surface area (Å²) in [5, 5.41) is 4.21. The molecule has 174 valence electrons. The first-order valence-corrected chi connectivity index (χ1v) is 13.3. The van der Waals surface area contributed by atoms with E-state index in [2.05, 4.69) is 10.3 Å². The molecule has 0 atom stereocenters. The molecule has 3 aromatic rings. The Bertz CT molecular complexity index is 1240. The number of rotatable bonds is 6. The molecular weight excluding hydrogens is 527 g/mol. The lowest BCUT2D eigenvalue weighted by Gasteiger charge is -2.35. The average molecular weight is 546 g/mol. The number of pyridine rings is 1. The Labute approximate surface area is 210 Å². The zero-order valence-corrected chi connectivity index (χ0v) is 21.1. The van der Waals surface area contributed by atoms with Gasteiger partial charge in [-0.05, 0) is 36.4 Å². The highest BCUT2D eigenvalue weighted by Gasteiger charge is 2.31. The molecule has 0 radical (unpaired) electrons. The fourth-order valence-corrected chi connectivity index (χ4v) is 7.05. The smallest absolute Gasteiger partial charge is 0.252 e. The topological polar surface area (TPSA) is 82.6 Å². The van der Waals surface area contributed by atoms with Gasteiger partial charge in [0.25, 0.3) is 15.9 Å². The summed E-state index contributed by atoms with van der Waals surface area (Å²) >= 11 is 19.5. The maximum absolute atomic E-state index is 13.1. The van der Waals surface area contributed by atoms with Crippen molar-refractivity contribution in [1.29, 1.82) is 0 Å². The number of aromatic nitrogens is 1. The van der Waals surface area contributed by atoms with Crippen LogP contribution in [0.5, 0.6) is 0 Å². The minimum absolute atomic E-state index is 0.231. The molecule has 0 bridgehead atoms. The van der Waals surface area contributed by atoms with Crippen molar-refractivity contribution in [3.05, 3.63) is 74.3 Å². The first-order chi connectivity index (χ1) is 15.8. The number of benzene rings is 1. The highest BCUT2D eigenvalue weighted by Crippen LogP contribution is 2.34. The fourth-order valence-electron chi connectivity index (χ4n) is 3.45. The van der Waals surface area contributed by atoms with Gasteiger partial charge in [-0.2, -0.15) is 4.31 Å². The molecule has 0 saturated carbocycles. The van der Waals surface area contributed by atoms with Gasteiger partial charge in [0, 0.05) is 54.0 Å². The Morgan fingerprint density at radius 1 is 0.970 bits per heavy atom. The Morgan fingerprint density at radius 3 is 2.24 bits per heavy atom. The second-order valence-corrected chi connectivity index (χ2v) is 11.8. The van der Waals surface area contributed by atoms with Crippen LogP contribution in [-0.4, -0.2) is 49.8 Å². The number of amides is 1. The van der Waals surface area contributed by atoms with Crippen molar-refractivity contribution in [2.45, 2.75) is 10.8 Å². The summed E-state index contributed by atoms with van der Waals surface area (Å²) in [4.78, 5) is 18.9. The zero-order chi connectivity index (χ0) is 23.6. The van der Waals surface area contributed by atoms with Gasteiger partial charge in [0.15, 0.2) is 0 Å². The van der Waals surface area contributed by atoms with E-state index in [1.807, 2.05) is 4.90 Å². The van der Waals surface area contributed by atoms with E-state index in [4.69, 9.17) is 34.8 Å². The summed E-state index contributed by atoms with van der Waals surface area (Å²) in [5.41, 5.74) is 1.15. The highest BCUT2D eigenvalue weighted by molar-refractivity contribution is 7.91. The third-order valence-electron chi connectivity index (χ3n) is 5.14. The van der Waals surface area contributed by atoms with Crippen LogP contribution < -0.4 is 10.2 Å². The number of nitrogens with zero attached hydrogens (tertiary/aromatic N) is 3. The molecule has 1 fully saturated rings. The Hall–Kier alpha value is -1.88. The van der Waals surface area contributed by atoms with Crippen molar-refractivity contribution < 1.29 is 13.2 Å². The highest BCUT2D eigenvalue weighted by atomic mass is 35.5. The maximum Gasteiger partial charge on any atom is 0.252 e. The van der Waals surface area contributed by atoms with Crippen molar-refractivity contribution in [3.8, 4) is 0 Å². The second kappa shape index (κ2) is 10.2. The predicted molar refractivity (Wildman–Crippen MR) is 132 cm³/mol. The monoisotopic (exact) mass is 544 g/mol. The van der Waals surface area contributed by atoms with Gasteiger partial charge in [0.05, 0.1) is 22.3 Å². The molecule has 1 aromatic carbocycles. The van der Waals surface area contributed by atoms with E-state index in [1.165, 1.54) is 16.7 Å². The molecule has 0 spiro atoms. The van der Waals surface area contributed by atoms with Crippen molar-refractivity contribution >= 4 is 67.8 Å². The summed E-state index contributed by atoms with van der Waals surface area (Å²) < 4.78 is 27.9. The van der Waals surface area contributed by atoms with Crippen molar-refractivity contribution in [3.63, 3.8) is 0 Å². The largest absolute Gasteiger partial charge is 0.366 e. The number of hydrogen-bond donors (Lipinski definition) is 1. The molecule has 0 unspecified atom stereocenters. The van der Waals surface area contributed by atoms with Gasteiger partial charge in [0.2, 0.25) is 0 Å². The Kier molecular flexibility index (Phi) is 7.47. The van der Waals surface area contributed by atoms with Crippen LogP contribution in [0.25, 0.3) is 0 Å². The van der Waals surface area contributed by atoms with Crippen molar-refractivity contribution in [2.75, 3.05) is 31.1 Å². The number of carbonyl (C=O) groups is 1. The normalized spacial score (nSPS) is 14.9. The lowest BCUT2D eigenvalue weighted by molar-refractivity contribution is 0.0951. The predicted octanol–water partition coefficient (Wildman–Crippen LogP) is 4.54. The van der Waals surface area contributed by atoms with E-state index < -0.39 is 10.0 Å². The molecule has 4 rings (SSSR count). The molecule has 2 aromatic heterocycles. The third-order valence-corrected chi connectivity index (χ3v) is 9.40. The summed E-state index contributed by atoms with van der Waals surface area (Å²) in [6.45, 7) is 1.75. The van der Waals surface area contributed by atoms with E-state index in [9.17, 15) is 13.2 Å². The minimum atomic E-state index is -3.64. The third kappa shape index (κ3) is 5.45. The van der Waals surface area contributed by atoms with Crippen LogP contribution in [0.15, 0.2) is 53.0 Å². The molecule has 1 aliphatic heterocycles. The van der Waals surface area contributed by atoms with Gasteiger partial charge in [-0.15, -0.1) is 11.3 Å². The SMILES string of the molecule is O=C(NCc1ccc(S(=O)(=O)N2CCN(c3c(Cl)cncc3Cl)CC2)s1)c1ccc(Cl)cc1. The fraction of sp³-hybridized carbons (Fsp3) is 0.238. The van der Waals surface area contributed by atoms with Crippen molar-refractivity contribution in [1.82, 2.24) is 14.6 Å². The quantitative estimate of drug-likeness (QED) is 0.492. The molecule has 1 aliphatic rings. The van der Waals surface area contributed by atoms with Crippen LogP contribution in [0.4, 0.5) is 5.69 Å². The number of halogens is 3. The van der Waals surface area contributed by atoms with Crippen LogP contribution in [0.1, 0.15) is 15.2 Å². The second-order valence-electron chi connectivity index (χ2n) is 7.25. The van der Waals surface area contributed by atoms with Gasteiger partial charge in [-0.25, -0.2) is 8.42 Å². The molecular formula is C21H19Cl3N4O3S2. The van der Waals surface area contributed by atoms with Crippen LogP contribution in [-0.2, 0) is 16.6 Å². The van der Waals surface area contributed by atoms with Crippen LogP contribution in [0.3, 0.4) is 0 Å². The summed E-state index contributed by atoms with van der Waals surface area (Å²) in [6.07, 6.45) is 3.04. The van der Waals surface area contributed by atoms with Gasteiger partial charge in [-0.1, -0.05) is 34.8 Å². The number of sulfonamides is 1. The number of piperazine rings is 1. The van der Waals surface area contributed by atoms with E-state index in [-0.39, 0.29) is 16.7 Å². The number of nitrogens with one attached hydrogen (secondary N) is 1. The van der Waals surface area contributed by atoms with Gasteiger partial charge < -0.3 is 10.2 Å². The van der Waals surface area contributed by atoms with Gasteiger partial charge in [-0.3, -0.25) is 9.78 Å². The summed E-state index contributed by atoms with van der Waals surface area (Å²) in [6, 6.07) is 9.84. The van der Waals surface area contributed by atoms with Crippen LogP contribution in [0.2, 0.25) is 15.1 Å². The van der Waals surface area contributed by atoms with Gasteiger partial charge in [0.1, 0.15) is 4.21 Å². The van der Waals surface area contributed by atoms with E-state index in [0.29, 0.717) is 52.5 Å². The number of anilines is 1. The molecule has 1 N–H and O–H groups in total. The minimum Gasteiger partial charge on any atom is -0.366 e. The molecule has 3 heterocycles. The first kappa shape index (κ1) is 24.3. The standard InChI is InChI=1S/C21H19Cl3N4O3S2/c22-15-3-1-14(2-4-15)21(29)26-11-16-5-6-19(32-16)33(30,31)28-9-7-27(8-10-28)20-17(23)12-25-13-18(20)24/h1-6,12-13H,7-11H2,(H,26,29). The number of carbonyl (C=O) groups excluding carboxylic acids is 1. The van der Waals surface area contributed by atoms with E-state index >= 15 is 0 Å².